The van der Waals surface area contributed by atoms with Crippen molar-refractivity contribution in [3.8, 4) is 0 Å². The van der Waals surface area contributed by atoms with Crippen LogP contribution < -0.4 is 0 Å². The summed E-state index contributed by atoms with van der Waals surface area (Å²) in [4.78, 5) is 24.4. The first-order valence-electron chi connectivity index (χ1n) is 5.93. The molecule has 1 aliphatic carbocycles. The van der Waals surface area contributed by atoms with Gasteiger partial charge < -0.3 is 0 Å². The average Bonchev–Trinajstić information content (AvgIpc) is 2.68. The van der Waals surface area contributed by atoms with Crippen LogP contribution in [0.15, 0.2) is 52.5 Å². The van der Waals surface area contributed by atoms with E-state index in [9.17, 15) is 14.0 Å². The first kappa shape index (κ1) is 12.9. The van der Waals surface area contributed by atoms with Gasteiger partial charge in [-0.2, -0.15) is 0 Å². The van der Waals surface area contributed by atoms with Gasteiger partial charge in [0.1, 0.15) is 5.82 Å². The maximum Gasteiger partial charge on any atom is 0.197 e. The average molecular weight is 331 g/mol. The minimum atomic E-state index is -0.475. The lowest BCUT2D eigenvalue weighted by Gasteiger charge is -1.99. The Bertz CT molecular complexity index is 741. The topological polar surface area (TPSA) is 34.1 Å². The van der Waals surface area contributed by atoms with Gasteiger partial charge in [0.15, 0.2) is 11.6 Å². The highest BCUT2D eigenvalue weighted by Gasteiger charge is 2.32. The molecular formula is C16H8BrFO2. The van der Waals surface area contributed by atoms with Gasteiger partial charge in [0.05, 0.1) is 5.57 Å². The van der Waals surface area contributed by atoms with E-state index in [1.165, 1.54) is 18.2 Å². The maximum absolute atomic E-state index is 13.7. The smallest absolute Gasteiger partial charge is 0.197 e. The SMILES string of the molecule is O=C1C(=Cc2cc(Br)ccc2F)C(=O)c2ccccc21. The van der Waals surface area contributed by atoms with Crippen molar-refractivity contribution >= 4 is 33.6 Å². The fraction of sp³-hybridized carbons (Fsp3) is 0. The molecule has 0 atom stereocenters. The van der Waals surface area contributed by atoms with Crippen molar-refractivity contribution in [2.45, 2.75) is 0 Å². The van der Waals surface area contributed by atoms with Crippen molar-refractivity contribution < 1.29 is 14.0 Å². The number of carbonyl (C=O) groups is 2. The van der Waals surface area contributed by atoms with E-state index in [1.807, 2.05) is 0 Å². The van der Waals surface area contributed by atoms with Gasteiger partial charge in [-0.3, -0.25) is 9.59 Å². The van der Waals surface area contributed by atoms with E-state index in [4.69, 9.17) is 0 Å². The third-order valence-corrected chi connectivity index (χ3v) is 3.66. The number of benzene rings is 2. The van der Waals surface area contributed by atoms with Gasteiger partial charge >= 0.3 is 0 Å². The fourth-order valence-corrected chi connectivity index (χ4v) is 2.56. The number of fused-ring (bicyclic) bond motifs is 1. The molecule has 0 amide bonds. The molecule has 98 valence electrons. The van der Waals surface area contributed by atoms with Crippen molar-refractivity contribution in [3.05, 3.63) is 75.0 Å². The van der Waals surface area contributed by atoms with Crippen molar-refractivity contribution in [1.29, 1.82) is 0 Å². The second-order valence-corrected chi connectivity index (χ2v) is 5.34. The van der Waals surface area contributed by atoms with Crippen LogP contribution in [-0.2, 0) is 0 Å². The quantitative estimate of drug-likeness (QED) is 0.584. The van der Waals surface area contributed by atoms with Crippen molar-refractivity contribution in [2.75, 3.05) is 0 Å². The largest absolute Gasteiger partial charge is 0.288 e. The number of allylic oxidation sites excluding steroid dienone is 1. The molecule has 2 aromatic carbocycles. The number of ketones is 2. The molecule has 0 saturated carbocycles. The first-order chi connectivity index (χ1) is 9.58. The molecule has 0 N–H and O–H groups in total. The minimum absolute atomic E-state index is 0.00296. The van der Waals surface area contributed by atoms with E-state index in [0.717, 1.165) is 0 Å². The molecule has 4 heteroatoms. The van der Waals surface area contributed by atoms with Crippen LogP contribution in [0, 0.1) is 5.82 Å². The monoisotopic (exact) mass is 330 g/mol. The summed E-state index contributed by atoms with van der Waals surface area (Å²) in [7, 11) is 0. The highest BCUT2D eigenvalue weighted by Crippen LogP contribution is 2.28. The summed E-state index contributed by atoms with van der Waals surface area (Å²) in [5.74, 6) is -1.19. The summed E-state index contributed by atoms with van der Waals surface area (Å²) in [6, 6.07) is 11.0. The van der Waals surface area contributed by atoms with Crippen LogP contribution in [0.5, 0.6) is 0 Å². The highest BCUT2D eigenvalue weighted by molar-refractivity contribution is 9.10. The van der Waals surface area contributed by atoms with E-state index in [0.29, 0.717) is 15.6 Å². The van der Waals surface area contributed by atoms with Crippen LogP contribution in [0.3, 0.4) is 0 Å². The number of rotatable bonds is 1. The lowest BCUT2D eigenvalue weighted by Crippen LogP contribution is -2.00. The zero-order valence-corrected chi connectivity index (χ0v) is 11.8. The van der Waals surface area contributed by atoms with E-state index >= 15 is 0 Å². The summed E-state index contributed by atoms with van der Waals surface area (Å²) in [6.45, 7) is 0. The van der Waals surface area contributed by atoms with Crippen LogP contribution >= 0.6 is 15.9 Å². The van der Waals surface area contributed by atoms with Gasteiger partial charge in [-0.05, 0) is 24.3 Å². The summed E-state index contributed by atoms with van der Waals surface area (Å²) in [6.07, 6.45) is 1.31. The Hall–Kier alpha value is -2.07. The molecule has 2 aromatic rings. The van der Waals surface area contributed by atoms with Crippen molar-refractivity contribution in [1.82, 2.24) is 0 Å². The molecule has 0 saturated heterocycles. The second-order valence-electron chi connectivity index (χ2n) is 4.43. The molecule has 0 aromatic heterocycles. The Labute approximate surface area is 123 Å². The molecule has 3 rings (SSSR count). The Morgan fingerprint density at radius 3 is 2.15 bits per heavy atom. The third-order valence-electron chi connectivity index (χ3n) is 3.16. The Morgan fingerprint density at radius 2 is 1.55 bits per heavy atom. The predicted octanol–water partition coefficient (Wildman–Crippen LogP) is 4.05. The van der Waals surface area contributed by atoms with E-state index in [-0.39, 0.29) is 22.7 Å². The van der Waals surface area contributed by atoms with Gasteiger partial charge in [0, 0.05) is 21.2 Å². The summed E-state index contributed by atoms with van der Waals surface area (Å²) in [5, 5.41) is 0. The Kier molecular flexibility index (Phi) is 3.10. The van der Waals surface area contributed by atoms with Gasteiger partial charge in [-0.15, -0.1) is 0 Å². The summed E-state index contributed by atoms with van der Waals surface area (Å²) >= 11 is 3.24. The van der Waals surface area contributed by atoms with E-state index < -0.39 is 5.82 Å². The van der Waals surface area contributed by atoms with E-state index in [1.54, 1.807) is 30.3 Å². The lowest BCUT2D eigenvalue weighted by atomic mass is 10.1. The van der Waals surface area contributed by atoms with Crippen LogP contribution in [0.1, 0.15) is 26.3 Å². The van der Waals surface area contributed by atoms with Crippen LogP contribution in [0.4, 0.5) is 4.39 Å². The van der Waals surface area contributed by atoms with Crippen LogP contribution in [0.25, 0.3) is 6.08 Å². The molecule has 0 bridgehead atoms. The Morgan fingerprint density at radius 1 is 0.950 bits per heavy atom. The number of carbonyl (C=O) groups excluding carboxylic acids is 2. The zero-order valence-electron chi connectivity index (χ0n) is 10.2. The molecule has 0 fully saturated rings. The highest BCUT2D eigenvalue weighted by atomic mass is 79.9. The zero-order chi connectivity index (χ0) is 14.3. The van der Waals surface area contributed by atoms with Crippen molar-refractivity contribution in [2.24, 2.45) is 0 Å². The number of hydrogen-bond acceptors (Lipinski definition) is 2. The van der Waals surface area contributed by atoms with Gasteiger partial charge in [-0.25, -0.2) is 4.39 Å². The third kappa shape index (κ3) is 2.02. The molecule has 0 unspecified atom stereocenters. The molecule has 0 radical (unpaired) electrons. The summed E-state index contributed by atoms with van der Waals surface area (Å²) in [5.41, 5.74) is 0.963. The van der Waals surface area contributed by atoms with E-state index in [2.05, 4.69) is 15.9 Å². The second kappa shape index (κ2) is 4.80. The first-order valence-corrected chi connectivity index (χ1v) is 6.72. The molecule has 20 heavy (non-hydrogen) atoms. The fourth-order valence-electron chi connectivity index (χ4n) is 2.18. The summed E-state index contributed by atoms with van der Waals surface area (Å²) < 4.78 is 14.4. The van der Waals surface area contributed by atoms with Crippen molar-refractivity contribution in [3.63, 3.8) is 0 Å². The Balaban J connectivity index is 2.13. The minimum Gasteiger partial charge on any atom is -0.288 e. The number of halogens is 2. The molecule has 0 heterocycles. The van der Waals surface area contributed by atoms with Gasteiger partial charge in [0.2, 0.25) is 0 Å². The normalized spacial score (nSPS) is 13.6. The molecule has 1 aliphatic rings. The number of hydrogen-bond donors (Lipinski definition) is 0. The maximum atomic E-state index is 13.7. The number of Topliss-reactive ketones (excluding diaryl/α,β-unsaturated/α-hetero) is 2. The van der Waals surface area contributed by atoms with Gasteiger partial charge in [0.25, 0.3) is 0 Å². The molecule has 2 nitrogen and oxygen atoms in total. The van der Waals surface area contributed by atoms with Crippen LogP contribution in [-0.4, -0.2) is 11.6 Å². The molecule has 0 spiro atoms. The predicted molar refractivity (Wildman–Crippen MR) is 77.2 cm³/mol. The lowest BCUT2D eigenvalue weighted by molar-refractivity contribution is 0.0990. The molecular weight excluding hydrogens is 323 g/mol. The van der Waals surface area contributed by atoms with Gasteiger partial charge in [-0.1, -0.05) is 40.2 Å². The van der Waals surface area contributed by atoms with Crippen LogP contribution in [0.2, 0.25) is 0 Å². The standard InChI is InChI=1S/C16H8BrFO2/c17-10-5-6-14(18)9(7-10)8-13-15(19)11-3-1-2-4-12(11)16(13)20/h1-8H. The molecule has 0 aliphatic heterocycles.